The maximum atomic E-state index is 5.69. The van der Waals surface area contributed by atoms with Gasteiger partial charge in [-0.3, -0.25) is 0 Å². The van der Waals surface area contributed by atoms with E-state index in [1.807, 2.05) is 13.0 Å². The number of ether oxygens (including phenoxy) is 1. The normalized spacial score (nSPS) is 12.6. The Balaban J connectivity index is 2.71. The Morgan fingerprint density at radius 2 is 2.00 bits per heavy atom. The van der Waals surface area contributed by atoms with E-state index in [2.05, 4.69) is 25.2 Å². The molecule has 0 radical (unpaired) electrons. The molecule has 1 aromatic rings. The molecule has 0 amide bonds. The predicted octanol–water partition coefficient (Wildman–Crippen LogP) is 1.75. The van der Waals surface area contributed by atoms with E-state index >= 15 is 0 Å². The van der Waals surface area contributed by atoms with Gasteiger partial charge in [0.2, 0.25) is 0 Å². The van der Waals surface area contributed by atoms with Gasteiger partial charge in [-0.05, 0) is 43.5 Å². The second kappa shape index (κ2) is 5.87. The summed E-state index contributed by atoms with van der Waals surface area (Å²) in [5, 5.41) is 3.34. The van der Waals surface area contributed by atoms with Crippen LogP contribution in [0, 0.1) is 13.8 Å². The molecule has 1 atom stereocenters. The van der Waals surface area contributed by atoms with E-state index in [4.69, 9.17) is 10.5 Å². The molecule has 90 valence electrons. The zero-order valence-electron chi connectivity index (χ0n) is 10.6. The summed E-state index contributed by atoms with van der Waals surface area (Å²) in [7, 11) is 1.70. The van der Waals surface area contributed by atoms with E-state index in [9.17, 15) is 0 Å². The van der Waals surface area contributed by atoms with Crippen molar-refractivity contribution in [3.8, 4) is 5.75 Å². The Morgan fingerprint density at radius 1 is 1.31 bits per heavy atom. The van der Waals surface area contributed by atoms with Gasteiger partial charge in [0, 0.05) is 19.1 Å². The van der Waals surface area contributed by atoms with Crippen LogP contribution in [0.25, 0.3) is 0 Å². The highest BCUT2D eigenvalue weighted by molar-refractivity contribution is 5.43. The molecule has 0 aromatic heterocycles. The van der Waals surface area contributed by atoms with Gasteiger partial charge in [-0.2, -0.15) is 0 Å². The van der Waals surface area contributed by atoms with E-state index in [1.54, 1.807) is 7.11 Å². The minimum absolute atomic E-state index is 0.194. The van der Waals surface area contributed by atoms with Crippen LogP contribution in [-0.4, -0.2) is 19.7 Å². The third-order valence-electron chi connectivity index (χ3n) is 2.85. The first-order chi connectivity index (χ1) is 7.56. The molecule has 0 fully saturated rings. The van der Waals surface area contributed by atoms with E-state index in [1.165, 1.54) is 16.7 Å². The lowest BCUT2D eigenvalue weighted by Gasteiger charge is -2.14. The Labute approximate surface area is 98.0 Å². The second-order valence-electron chi connectivity index (χ2n) is 4.29. The second-order valence-corrected chi connectivity index (χ2v) is 4.29. The molecule has 0 aliphatic rings. The summed E-state index contributed by atoms with van der Waals surface area (Å²) in [6.07, 6.45) is 0. The van der Waals surface area contributed by atoms with Crippen molar-refractivity contribution in [2.75, 3.05) is 13.7 Å². The number of nitrogens with two attached hydrogens (primary N) is 1. The number of hydrogen-bond donors (Lipinski definition) is 2. The quantitative estimate of drug-likeness (QED) is 0.798. The molecule has 3 heteroatoms. The number of methoxy groups -OCH3 is 1. The first-order valence-electron chi connectivity index (χ1n) is 5.65. The van der Waals surface area contributed by atoms with Crippen LogP contribution in [0.2, 0.25) is 0 Å². The molecule has 0 aliphatic heterocycles. The Bertz CT molecular complexity index is 348. The van der Waals surface area contributed by atoms with Crippen LogP contribution in [0.1, 0.15) is 23.6 Å². The topological polar surface area (TPSA) is 47.3 Å². The van der Waals surface area contributed by atoms with Gasteiger partial charge < -0.3 is 15.8 Å². The third-order valence-corrected chi connectivity index (χ3v) is 2.85. The van der Waals surface area contributed by atoms with Gasteiger partial charge in [-0.25, -0.2) is 0 Å². The predicted molar refractivity (Wildman–Crippen MR) is 67.8 cm³/mol. The molecular formula is C13H22N2O. The van der Waals surface area contributed by atoms with Gasteiger partial charge in [-0.15, -0.1) is 0 Å². The number of hydrogen-bond acceptors (Lipinski definition) is 3. The van der Waals surface area contributed by atoms with E-state index in [0.717, 1.165) is 18.8 Å². The summed E-state index contributed by atoms with van der Waals surface area (Å²) < 4.78 is 5.28. The average molecular weight is 222 g/mol. The fraction of sp³-hybridized carbons (Fsp3) is 0.538. The smallest absolute Gasteiger partial charge is 0.122 e. The molecule has 0 heterocycles. The van der Waals surface area contributed by atoms with Crippen LogP contribution >= 0.6 is 0 Å². The van der Waals surface area contributed by atoms with E-state index in [-0.39, 0.29) is 6.04 Å². The molecule has 1 rings (SSSR count). The van der Waals surface area contributed by atoms with Crippen LogP contribution in [0.5, 0.6) is 5.75 Å². The Hall–Kier alpha value is -1.06. The summed E-state index contributed by atoms with van der Waals surface area (Å²) in [5.74, 6) is 0.952. The lowest BCUT2D eigenvalue weighted by atomic mass is 10.0. The molecule has 0 bridgehead atoms. The maximum Gasteiger partial charge on any atom is 0.122 e. The molecule has 16 heavy (non-hydrogen) atoms. The minimum Gasteiger partial charge on any atom is -0.496 e. The number of benzene rings is 1. The SMILES string of the molecule is COc1ccc(CNCC(C)N)c(C)c1C. The zero-order chi connectivity index (χ0) is 12.1. The van der Waals surface area contributed by atoms with Crippen LogP contribution in [0.15, 0.2) is 12.1 Å². The van der Waals surface area contributed by atoms with Crippen molar-refractivity contribution in [2.45, 2.75) is 33.4 Å². The van der Waals surface area contributed by atoms with Crippen LogP contribution in [0.4, 0.5) is 0 Å². The third kappa shape index (κ3) is 3.22. The van der Waals surface area contributed by atoms with Gasteiger partial charge >= 0.3 is 0 Å². The monoisotopic (exact) mass is 222 g/mol. The van der Waals surface area contributed by atoms with Gasteiger partial charge in [0.1, 0.15) is 5.75 Å². The molecule has 1 aromatic carbocycles. The van der Waals surface area contributed by atoms with Crippen LogP contribution in [-0.2, 0) is 6.54 Å². The largest absolute Gasteiger partial charge is 0.496 e. The van der Waals surface area contributed by atoms with Crippen molar-refractivity contribution in [3.05, 3.63) is 28.8 Å². The summed E-state index contributed by atoms with van der Waals surface area (Å²) in [6, 6.07) is 4.32. The van der Waals surface area contributed by atoms with Crippen molar-refractivity contribution in [1.82, 2.24) is 5.32 Å². The molecule has 3 nitrogen and oxygen atoms in total. The van der Waals surface area contributed by atoms with Gasteiger partial charge in [0.25, 0.3) is 0 Å². The van der Waals surface area contributed by atoms with Crippen LogP contribution < -0.4 is 15.8 Å². The summed E-state index contributed by atoms with van der Waals surface area (Å²) in [4.78, 5) is 0. The minimum atomic E-state index is 0.194. The van der Waals surface area contributed by atoms with Crippen molar-refractivity contribution in [1.29, 1.82) is 0 Å². The van der Waals surface area contributed by atoms with Crippen molar-refractivity contribution < 1.29 is 4.74 Å². The molecule has 0 saturated heterocycles. The van der Waals surface area contributed by atoms with Crippen molar-refractivity contribution >= 4 is 0 Å². The van der Waals surface area contributed by atoms with Gasteiger partial charge in [0.15, 0.2) is 0 Å². The van der Waals surface area contributed by atoms with Crippen molar-refractivity contribution in [2.24, 2.45) is 5.73 Å². The highest BCUT2D eigenvalue weighted by Crippen LogP contribution is 2.23. The molecule has 0 spiro atoms. The molecule has 3 N–H and O–H groups in total. The molecular weight excluding hydrogens is 200 g/mol. The zero-order valence-corrected chi connectivity index (χ0v) is 10.6. The van der Waals surface area contributed by atoms with E-state index in [0.29, 0.717) is 0 Å². The van der Waals surface area contributed by atoms with Gasteiger partial charge in [-0.1, -0.05) is 6.07 Å². The van der Waals surface area contributed by atoms with E-state index < -0.39 is 0 Å². The summed E-state index contributed by atoms with van der Waals surface area (Å²) in [5.41, 5.74) is 9.49. The fourth-order valence-electron chi connectivity index (χ4n) is 1.70. The van der Waals surface area contributed by atoms with Crippen LogP contribution in [0.3, 0.4) is 0 Å². The number of nitrogens with one attached hydrogen (secondary N) is 1. The standard InChI is InChI=1S/C13H22N2O/c1-9(14)7-15-8-12-5-6-13(16-4)11(3)10(12)2/h5-6,9,15H,7-8,14H2,1-4H3. The lowest BCUT2D eigenvalue weighted by molar-refractivity contribution is 0.411. The highest BCUT2D eigenvalue weighted by atomic mass is 16.5. The average Bonchev–Trinajstić information content (AvgIpc) is 2.24. The molecule has 0 saturated carbocycles. The Morgan fingerprint density at radius 3 is 2.56 bits per heavy atom. The molecule has 0 aliphatic carbocycles. The summed E-state index contributed by atoms with van der Waals surface area (Å²) in [6.45, 7) is 7.91. The Kier molecular flexibility index (Phi) is 4.77. The maximum absolute atomic E-state index is 5.69. The van der Waals surface area contributed by atoms with Gasteiger partial charge in [0.05, 0.1) is 7.11 Å². The highest BCUT2D eigenvalue weighted by Gasteiger charge is 2.06. The summed E-state index contributed by atoms with van der Waals surface area (Å²) >= 11 is 0. The fourth-order valence-corrected chi connectivity index (χ4v) is 1.70. The molecule has 1 unspecified atom stereocenters. The lowest BCUT2D eigenvalue weighted by Crippen LogP contribution is -2.30. The first-order valence-corrected chi connectivity index (χ1v) is 5.65. The number of rotatable bonds is 5. The van der Waals surface area contributed by atoms with Crippen molar-refractivity contribution in [3.63, 3.8) is 0 Å². The first kappa shape index (κ1) is 13.0.